The second-order valence-corrected chi connectivity index (χ2v) is 8.48. The van der Waals surface area contributed by atoms with Crippen LogP contribution in [0, 0.1) is 0 Å². The first-order valence-corrected chi connectivity index (χ1v) is 10.4. The van der Waals surface area contributed by atoms with E-state index in [9.17, 15) is 31.0 Å². The number of phenolic OH excluding ortho intramolecular Hbond substituents is 1. The molecule has 0 aliphatic heterocycles. The third kappa shape index (κ3) is 7.21. The van der Waals surface area contributed by atoms with Gasteiger partial charge in [-0.15, -0.1) is 5.11 Å². The van der Waals surface area contributed by atoms with Crippen molar-refractivity contribution >= 4 is 48.1 Å². The Hall–Kier alpha value is -0.0600. The third-order valence-electron chi connectivity index (χ3n) is 3.75. The van der Waals surface area contributed by atoms with Crippen LogP contribution in [0.5, 0.6) is 5.75 Å². The zero-order valence-corrected chi connectivity index (χ0v) is 24.5. The van der Waals surface area contributed by atoms with Crippen LogP contribution in [0.4, 0.5) is 17.1 Å². The van der Waals surface area contributed by atoms with E-state index in [1.165, 1.54) is 0 Å². The summed E-state index contributed by atoms with van der Waals surface area (Å²) in [6.07, 6.45) is 0. The van der Waals surface area contributed by atoms with Gasteiger partial charge < -0.3 is 15.1 Å². The maximum Gasteiger partial charge on any atom is 1.00 e. The van der Waals surface area contributed by atoms with Gasteiger partial charge in [0.2, 0.25) is 0 Å². The molecular weight excluding hydrogens is 479 g/mol. The first-order chi connectivity index (χ1) is 13.0. The van der Waals surface area contributed by atoms with Gasteiger partial charge in [0, 0.05) is 11.1 Å². The van der Waals surface area contributed by atoms with E-state index in [0.717, 1.165) is 18.2 Å². The number of aromatic hydroxyl groups is 1. The Bertz CT molecular complexity index is 1350. The Morgan fingerprint density at radius 1 is 0.839 bits per heavy atom. The third-order valence-corrected chi connectivity index (χ3v) is 5.45. The molecule has 5 N–H and O–H groups in total. The molecule has 0 saturated heterocycles. The number of azo groups is 1. The van der Waals surface area contributed by atoms with Crippen LogP contribution in [0.25, 0.3) is 10.8 Å². The fourth-order valence-electron chi connectivity index (χ4n) is 2.54. The number of nitrogen functional groups attached to an aromatic ring is 1. The van der Waals surface area contributed by atoms with Crippen LogP contribution in [0.1, 0.15) is 4.28 Å². The monoisotopic (exact) mass is 495 g/mol. The topological polar surface area (TPSA) is 180 Å². The summed E-state index contributed by atoms with van der Waals surface area (Å²) in [6, 6.07) is 10.8. The molecular formula is C16H16N3Na3O7S2. The van der Waals surface area contributed by atoms with Crippen LogP contribution in [-0.4, -0.2) is 31.0 Å². The largest absolute Gasteiger partial charge is 1.00 e. The summed E-state index contributed by atoms with van der Waals surface area (Å²) in [4.78, 5) is -1.43. The van der Waals surface area contributed by atoms with Gasteiger partial charge >= 0.3 is 88.7 Å². The van der Waals surface area contributed by atoms with Crippen LogP contribution in [0.2, 0.25) is 0 Å². The van der Waals surface area contributed by atoms with Crippen molar-refractivity contribution in [2.24, 2.45) is 10.2 Å². The second kappa shape index (κ2) is 11.9. The Morgan fingerprint density at radius 2 is 1.42 bits per heavy atom. The van der Waals surface area contributed by atoms with E-state index in [2.05, 4.69) is 10.2 Å². The fraction of sp³-hybridized carbons (Fsp3) is 0. The minimum Gasteiger partial charge on any atom is -1.00 e. The zero-order valence-electron chi connectivity index (χ0n) is 19.9. The van der Waals surface area contributed by atoms with Crippen molar-refractivity contribution in [3.8, 4) is 5.75 Å². The molecule has 31 heavy (non-hydrogen) atoms. The maximum absolute atomic E-state index is 11.8. The molecule has 0 amide bonds. The summed E-state index contributed by atoms with van der Waals surface area (Å²) in [5, 5.41) is 17.8. The number of nitrogens with zero attached hydrogens (tertiary/aromatic N) is 2. The molecule has 0 radical (unpaired) electrons. The molecule has 0 bridgehead atoms. The van der Waals surface area contributed by atoms with Crippen LogP contribution in [0.3, 0.4) is 0 Å². The van der Waals surface area contributed by atoms with Gasteiger partial charge in [-0.1, -0.05) is 18.2 Å². The van der Waals surface area contributed by atoms with Gasteiger partial charge in [-0.2, -0.15) is 21.9 Å². The average Bonchev–Trinajstić information content (AvgIpc) is 2.59. The van der Waals surface area contributed by atoms with E-state index in [1.807, 2.05) is 0 Å². The summed E-state index contributed by atoms with van der Waals surface area (Å²) < 4.78 is 65.0. The fourth-order valence-corrected chi connectivity index (χ4v) is 3.75. The molecule has 0 aromatic heterocycles. The summed E-state index contributed by atoms with van der Waals surface area (Å²) in [5.41, 5.74) is 5.27. The predicted molar refractivity (Wildman–Crippen MR) is 104 cm³/mol. The van der Waals surface area contributed by atoms with E-state index >= 15 is 0 Å². The molecule has 0 aliphatic rings. The molecule has 0 heterocycles. The summed E-state index contributed by atoms with van der Waals surface area (Å²) >= 11 is 0. The predicted octanol–water partition coefficient (Wildman–Crippen LogP) is -5.61. The van der Waals surface area contributed by atoms with Gasteiger partial charge in [-0.3, -0.25) is 9.11 Å². The normalized spacial score (nSPS) is 11.4. The molecule has 0 spiro atoms. The Balaban J connectivity index is -0.000000750. The molecule has 0 fully saturated rings. The van der Waals surface area contributed by atoms with E-state index in [1.54, 1.807) is 30.3 Å². The number of rotatable bonds is 4. The number of nitrogens with two attached hydrogens (primary N) is 1. The molecule has 0 aliphatic carbocycles. The standard InChI is InChI=1S/C16H13N3O7S2.3Na.3H/c17-12-8-11(27(21,22)23)6-9-7-13(28(24,25)26)15(16(20)14(9)12)19-18-10-4-2-1-3-5-10;;;;;;/h1-8,20H,17H2,(H,21,22,23)(H,24,25,26);;;;;;/q;3*+1;3*-1. The van der Waals surface area contributed by atoms with E-state index in [0.29, 0.717) is 5.69 Å². The van der Waals surface area contributed by atoms with Gasteiger partial charge in [0.1, 0.15) is 10.6 Å². The van der Waals surface area contributed by atoms with Crippen molar-refractivity contribution in [3.05, 3.63) is 48.5 Å². The van der Waals surface area contributed by atoms with E-state index in [-0.39, 0.29) is 109 Å². The minimum atomic E-state index is -4.88. The number of benzene rings is 3. The van der Waals surface area contributed by atoms with Crippen LogP contribution >= 0.6 is 0 Å². The van der Waals surface area contributed by atoms with Crippen molar-refractivity contribution < 1.29 is 124 Å². The van der Waals surface area contributed by atoms with Gasteiger partial charge in [-0.05, 0) is 35.7 Å². The Morgan fingerprint density at radius 3 is 1.94 bits per heavy atom. The van der Waals surface area contributed by atoms with Crippen molar-refractivity contribution in [3.63, 3.8) is 0 Å². The van der Waals surface area contributed by atoms with Gasteiger partial charge in [0.15, 0.2) is 5.75 Å². The molecule has 152 valence electrons. The summed E-state index contributed by atoms with van der Waals surface area (Å²) in [7, 11) is -9.53. The molecule has 0 unspecified atom stereocenters. The molecule has 3 aromatic carbocycles. The molecule has 10 nitrogen and oxygen atoms in total. The van der Waals surface area contributed by atoms with E-state index < -0.39 is 41.5 Å². The number of hydrogen-bond acceptors (Lipinski definition) is 8. The Labute approximate surface area is 249 Å². The van der Waals surface area contributed by atoms with Crippen LogP contribution < -0.4 is 94.4 Å². The molecule has 3 aromatic rings. The molecule has 15 heteroatoms. The maximum atomic E-state index is 11.8. The molecule has 0 saturated carbocycles. The first-order valence-electron chi connectivity index (χ1n) is 7.49. The second-order valence-electron chi connectivity index (χ2n) is 5.67. The van der Waals surface area contributed by atoms with Crippen LogP contribution in [0.15, 0.2) is 68.6 Å². The molecule has 3 rings (SSSR count). The van der Waals surface area contributed by atoms with Gasteiger partial charge in [0.25, 0.3) is 20.2 Å². The van der Waals surface area contributed by atoms with Crippen molar-refractivity contribution in [2.45, 2.75) is 9.79 Å². The quantitative estimate of drug-likeness (QED) is 0.120. The SMILES string of the molecule is Nc1cc(S(=O)(=O)O)cc2cc(S(=O)(=O)O)c(N=Nc3ccccc3)c(O)c12.[H-].[H-].[H-].[Na+].[Na+].[Na+]. The molecule has 0 atom stereocenters. The number of phenols is 1. The van der Waals surface area contributed by atoms with Crippen molar-refractivity contribution in [1.29, 1.82) is 0 Å². The van der Waals surface area contributed by atoms with Crippen molar-refractivity contribution in [1.82, 2.24) is 0 Å². The van der Waals surface area contributed by atoms with Crippen LogP contribution in [-0.2, 0) is 20.2 Å². The summed E-state index contributed by atoms with van der Waals surface area (Å²) in [5.74, 6) is -0.732. The van der Waals surface area contributed by atoms with Gasteiger partial charge in [-0.25, -0.2) is 0 Å². The minimum absolute atomic E-state index is 0. The smallest absolute Gasteiger partial charge is 1.00 e. The van der Waals surface area contributed by atoms with E-state index in [4.69, 9.17) is 5.73 Å². The Kier molecular flexibility index (Phi) is 11.9. The summed E-state index contributed by atoms with van der Waals surface area (Å²) in [6.45, 7) is 0. The number of anilines is 1. The van der Waals surface area contributed by atoms with Gasteiger partial charge in [0.05, 0.1) is 10.6 Å². The number of fused-ring (bicyclic) bond motifs is 1. The number of hydrogen-bond donors (Lipinski definition) is 4. The first kappa shape index (κ1) is 30.9. The zero-order chi connectivity index (χ0) is 20.7. The average molecular weight is 495 g/mol. The van der Waals surface area contributed by atoms with Crippen molar-refractivity contribution in [2.75, 3.05) is 5.73 Å².